The summed E-state index contributed by atoms with van der Waals surface area (Å²) in [5.74, 6) is -0.655. The Hall–Kier alpha value is -2.71. The van der Waals surface area contributed by atoms with Crippen molar-refractivity contribution >= 4 is 5.91 Å². The highest BCUT2D eigenvalue weighted by atomic mass is 19.1. The van der Waals surface area contributed by atoms with Gasteiger partial charge in [0, 0.05) is 11.8 Å². The van der Waals surface area contributed by atoms with Crippen molar-refractivity contribution < 1.29 is 14.3 Å². The average molecular weight is 364 g/mol. The van der Waals surface area contributed by atoms with Crippen molar-refractivity contribution in [1.82, 2.24) is 4.90 Å². The van der Waals surface area contributed by atoms with Gasteiger partial charge >= 0.3 is 0 Å². The minimum atomic E-state index is -0.607. The summed E-state index contributed by atoms with van der Waals surface area (Å²) in [4.78, 5) is 14.3. The molecular formula is C22H21FN2O2. The van der Waals surface area contributed by atoms with Gasteiger partial charge in [-0.15, -0.1) is 0 Å². The average Bonchev–Trinajstić information content (AvgIpc) is 2.60. The molecule has 1 aliphatic carbocycles. The molecule has 0 bridgehead atoms. The van der Waals surface area contributed by atoms with Crippen molar-refractivity contribution in [3.63, 3.8) is 0 Å². The molecule has 1 amide bonds. The number of nitrogens with zero attached hydrogens (tertiary/aromatic N) is 2. The monoisotopic (exact) mass is 364 g/mol. The second-order valence-corrected chi connectivity index (χ2v) is 7.32. The number of halogens is 1. The van der Waals surface area contributed by atoms with Crippen LogP contribution in [-0.4, -0.2) is 34.6 Å². The number of aliphatic hydroxyl groups is 1. The van der Waals surface area contributed by atoms with E-state index < -0.39 is 12.1 Å². The van der Waals surface area contributed by atoms with E-state index >= 15 is 0 Å². The summed E-state index contributed by atoms with van der Waals surface area (Å²) in [6.07, 6.45) is 2.75. The summed E-state index contributed by atoms with van der Waals surface area (Å²) >= 11 is 0. The maximum absolute atomic E-state index is 13.7. The molecule has 1 heterocycles. The number of benzene rings is 2. The highest BCUT2D eigenvalue weighted by Gasteiger charge is 2.53. The maximum atomic E-state index is 13.7. The highest BCUT2D eigenvalue weighted by Crippen LogP contribution is 2.46. The number of likely N-dealkylation sites (tertiary alicyclic amines) is 1. The third-order valence-corrected chi connectivity index (χ3v) is 5.90. The van der Waals surface area contributed by atoms with Crippen LogP contribution in [0.4, 0.5) is 4.39 Å². The molecule has 27 heavy (non-hydrogen) atoms. The zero-order valence-electron chi connectivity index (χ0n) is 14.9. The Labute approximate surface area is 157 Å². The number of hydrogen-bond acceptors (Lipinski definition) is 3. The van der Waals surface area contributed by atoms with E-state index in [2.05, 4.69) is 6.07 Å². The lowest BCUT2D eigenvalue weighted by molar-refractivity contribution is -0.154. The molecule has 2 aliphatic rings. The van der Waals surface area contributed by atoms with E-state index in [-0.39, 0.29) is 30.2 Å². The fraction of sp³-hybridized carbons (Fsp3) is 0.364. The Morgan fingerprint density at radius 3 is 2.63 bits per heavy atom. The lowest BCUT2D eigenvalue weighted by Gasteiger charge is -2.53. The van der Waals surface area contributed by atoms with Crippen molar-refractivity contribution in [2.45, 2.75) is 37.3 Å². The first-order valence-corrected chi connectivity index (χ1v) is 9.33. The molecule has 1 aliphatic heterocycles. The molecule has 3 atom stereocenters. The second kappa shape index (κ2) is 7.13. The van der Waals surface area contributed by atoms with Crippen LogP contribution in [0.2, 0.25) is 0 Å². The Kier molecular flexibility index (Phi) is 4.67. The Morgan fingerprint density at radius 2 is 2.00 bits per heavy atom. The van der Waals surface area contributed by atoms with Crippen molar-refractivity contribution in [2.24, 2.45) is 5.92 Å². The predicted octanol–water partition coefficient (Wildman–Crippen LogP) is 3.47. The predicted molar refractivity (Wildman–Crippen MR) is 99.0 cm³/mol. The van der Waals surface area contributed by atoms with Gasteiger partial charge in [-0.05, 0) is 41.7 Å². The topological polar surface area (TPSA) is 64.3 Å². The van der Waals surface area contributed by atoms with Gasteiger partial charge in [0.15, 0.2) is 0 Å². The van der Waals surface area contributed by atoms with Crippen molar-refractivity contribution in [3.05, 3.63) is 59.9 Å². The summed E-state index contributed by atoms with van der Waals surface area (Å²) in [5.41, 5.74) is 2.42. The Morgan fingerprint density at radius 1 is 1.22 bits per heavy atom. The molecule has 1 N–H and O–H groups in total. The molecule has 0 aromatic heterocycles. The molecule has 1 saturated heterocycles. The Bertz CT molecular complexity index is 903. The van der Waals surface area contributed by atoms with E-state index in [1.807, 2.05) is 30.3 Å². The van der Waals surface area contributed by atoms with Gasteiger partial charge in [0.1, 0.15) is 11.9 Å². The van der Waals surface area contributed by atoms with Gasteiger partial charge in [0.25, 0.3) is 0 Å². The van der Waals surface area contributed by atoms with E-state index in [9.17, 15) is 19.6 Å². The third kappa shape index (κ3) is 2.90. The van der Waals surface area contributed by atoms with Crippen LogP contribution < -0.4 is 0 Å². The summed E-state index contributed by atoms with van der Waals surface area (Å²) in [5, 5.41) is 19.7. The molecule has 5 heteroatoms. The number of aliphatic hydroxyl groups excluding tert-OH is 1. The van der Waals surface area contributed by atoms with E-state index in [1.165, 1.54) is 12.1 Å². The molecule has 0 radical (unpaired) electrons. The molecule has 1 saturated carbocycles. The van der Waals surface area contributed by atoms with Gasteiger partial charge in [-0.3, -0.25) is 4.79 Å². The first kappa shape index (κ1) is 17.7. The number of carbonyl (C=O) groups is 1. The number of rotatable bonds is 4. The smallest absolute Gasteiger partial charge is 0.227 e. The van der Waals surface area contributed by atoms with Crippen LogP contribution in [0.5, 0.6) is 0 Å². The van der Waals surface area contributed by atoms with Gasteiger partial charge in [-0.25, -0.2) is 4.39 Å². The third-order valence-electron chi connectivity index (χ3n) is 5.90. The lowest BCUT2D eigenvalue weighted by Crippen LogP contribution is -2.66. The standard InChI is InChI=1S/C22H21FN2O2/c23-16-8-4-7-15(11-16)17-9-1-2-10-18(17)21-19(12-24)25(20(21)13-26)22(27)14-5-3-6-14/h1-2,4,7-11,14,19-21,26H,3,5-6,13H2/t19-,20+,21-/m0/s1. The van der Waals surface area contributed by atoms with E-state index in [4.69, 9.17) is 0 Å². The molecule has 4 rings (SSSR count). The number of amides is 1. The van der Waals surface area contributed by atoms with Crippen molar-refractivity contribution in [1.29, 1.82) is 5.26 Å². The minimum absolute atomic E-state index is 0.0192. The summed E-state index contributed by atoms with van der Waals surface area (Å²) < 4.78 is 13.7. The molecule has 2 aromatic carbocycles. The van der Waals surface area contributed by atoms with Crippen molar-refractivity contribution in [2.75, 3.05) is 6.61 Å². The largest absolute Gasteiger partial charge is 0.394 e. The van der Waals surface area contributed by atoms with Gasteiger partial charge < -0.3 is 10.0 Å². The first-order chi connectivity index (χ1) is 13.2. The minimum Gasteiger partial charge on any atom is -0.394 e. The zero-order chi connectivity index (χ0) is 19.0. The van der Waals surface area contributed by atoms with E-state index in [0.29, 0.717) is 0 Å². The van der Waals surface area contributed by atoms with Crippen LogP contribution in [-0.2, 0) is 4.79 Å². The zero-order valence-corrected chi connectivity index (χ0v) is 14.9. The number of nitriles is 1. The summed E-state index contributed by atoms with van der Waals surface area (Å²) in [6, 6.07) is 15.1. The fourth-order valence-electron chi connectivity index (χ4n) is 4.26. The number of hydrogen-bond donors (Lipinski definition) is 1. The molecular weight excluding hydrogens is 343 g/mol. The molecule has 2 aromatic rings. The summed E-state index contributed by atoms with van der Waals surface area (Å²) in [6.45, 7) is -0.196. The van der Waals surface area contributed by atoms with Crippen LogP contribution in [0.25, 0.3) is 11.1 Å². The van der Waals surface area contributed by atoms with Crippen LogP contribution in [0.3, 0.4) is 0 Å². The quantitative estimate of drug-likeness (QED) is 0.903. The van der Waals surface area contributed by atoms with E-state index in [1.54, 1.807) is 11.0 Å². The normalized spacial score (nSPS) is 24.6. The maximum Gasteiger partial charge on any atom is 0.227 e. The lowest BCUT2D eigenvalue weighted by atomic mass is 9.71. The van der Waals surface area contributed by atoms with Crippen LogP contribution in [0, 0.1) is 23.1 Å². The van der Waals surface area contributed by atoms with Crippen LogP contribution in [0.1, 0.15) is 30.7 Å². The van der Waals surface area contributed by atoms with Crippen molar-refractivity contribution in [3.8, 4) is 17.2 Å². The molecule has 0 unspecified atom stereocenters. The molecule has 2 fully saturated rings. The molecule has 0 spiro atoms. The SMILES string of the molecule is N#C[C@H]1[C@H](c2ccccc2-c2cccc(F)c2)[C@@H](CO)N1C(=O)C1CCC1. The van der Waals surface area contributed by atoms with Crippen LogP contribution >= 0.6 is 0 Å². The van der Waals surface area contributed by atoms with Gasteiger partial charge in [0.2, 0.25) is 5.91 Å². The van der Waals surface area contributed by atoms with Gasteiger partial charge in [-0.1, -0.05) is 42.8 Å². The Balaban J connectivity index is 1.71. The van der Waals surface area contributed by atoms with Gasteiger partial charge in [0.05, 0.1) is 18.7 Å². The molecule has 138 valence electrons. The van der Waals surface area contributed by atoms with Crippen LogP contribution in [0.15, 0.2) is 48.5 Å². The van der Waals surface area contributed by atoms with E-state index in [0.717, 1.165) is 36.0 Å². The summed E-state index contributed by atoms with van der Waals surface area (Å²) in [7, 11) is 0. The van der Waals surface area contributed by atoms with Gasteiger partial charge in [-0.2, -0.15) is 5.26 Å². The fourth-order valence-corrected chi connectivity index (χ4v) is 4.26. The first-order valence-electron chi connectivity index (χ1n) is 9.33. The molecule has 4 nitrogen and oxygen atoms in total. The number of carbonyl (C=O) groups excluding carboxylic acids is 1. The second-order valence-electron chi connectivity index (χ2n) is 7.32. The highest BCUT2D eigenvalue weighted by molar-refractivity contribution is 5.83.